The van der Waals surface area contributed by atoms with Crippen molar-refractivity contribution in [2.45, 2.75) is 44.4 Å². The Balaban J connectivity index is 1.52. The van der Waals surface area contributed by atoms with Crippen molar-refractivity contribution in [3.8, 4) is 0 Å². The van der Waals surface area contributed by atoms with E-state index in [1.54, 1.807) is 0 Å². The zero-order valence-electron chi connectivity index (χ0n) is 10.6. The fraction of sp³-hybridized carbons (Fsp3) is 0.846. The summed E-state index contributed by atoms with van der Waals surface area (Å²) in [6.07, 6.45) is 7.83. The van der Waals surface area contributed by atoms with Gasteiger partial charge in [0.25, 0.3) is 0 Å². The van der Waals surface area contributed by atoms with Crippen LogP contribution >= 0.6 is 23.1 Å². The van der Waals surface area contributed by atoms with Gasteiger partial charge in [-0.3, -0.25) is 0 Å². The van der Waals surface area contributed by atoms with Gasteiger partial charge >= 0.3 is 0 Å². The minimum Gasteiger partial charge on any atom is -0.360 e. The van der Waals surface area contributed by atoms with Gasteiger partial charge in [0.15, 0.2) is 0 Å². The first-order chi connectivity index (χ1) is 8.86. The maximum atomic E-state index is 6.06. The zero-order valence-corrected chi connectivity index (χ0v) is 12.1. The molecular formula is C13H20ClN3S. The van der Waals surface area contributed by atoms with Gasteiger partial charge in [0.1, 0.15) is 5.82 Å². The Morgan fingerprint density at radius 2 is 1.94 bits per heavy atom. The molecule has 3 nitrogen and oxygen atoms in total. The molecule has 1 aromatic heterocycles. The average molecular weight is 286 g/mol. The SMILES string of the molecule is ClCC1CCCCC1CNc1nc(C2CC2)ns1. The molecule has 0 bridgehead atoms. The maximum Gasteiger partial charge on any atom is 0.202 e. The van der Waals surface area contributed by atoms with Crippen molar-refractivity contribution in [3.63, 3.8) is 0 Å². The van der Waals surface area contributed by atoms with Crippen LogP contribution in [0.25, 0.3) is 0 Å². The van der Waals surface area contributed by atoms with E-state index in [0.717, 1.165) is 23.4 Å². The van der Waals surface area contributed by atoms with E-state index in [1.807, 2.05) is 0 Å². The number of anilines is 1. The molecule has 0 spiro atoms. The van der Waals surface area contributed by atoms with Gasteiger partial charge in [0.2, 0.25) is 5.13 Å². The molecule has 1 N–H and O–H groups in total. The first-order valence-corrected chi connectivity index (χ1v) is 8.31. The van der Waals surface area contributed by atoms with E-state index in [9.17, 15) is 0 Å². The smallest absolute Gasteiger partial charge is 0.202 e. The predicted molar refractivity (Wildman–Crippen MR) is 76.5 cm³/mol. The van der Waals surface area contributed by atoms with Crippen LogP contribution in [0.4, 0.5) is 5.13 Å². The molecule has 18 heavy (non-hydrogen) atoms. The number of hydrogen-bond donors (Lipinski definition) is 1. The third-order valence-electron chi connectivity index (χ3n) is 4.16. The van der Waals surface area contributed by atoms with Crippen LogP contribution in [-0.2, 0) is 0 Å². The van der Waals surface area contributed by atoms with E-state index in [4.69, 9.17) is 11.6 Å². The number of halogens is 1. The van der Waals surface area contributed by atoms with E-state index in [0.29, 0.717) is 17.8 Å². The molecule has 2 saturated carbocycles. The molecule has 5 heteroatoms. The number of nitrogens with zero attached hydrogens (tertiary/aromatic N) is 2. The monoisotopic (exact) mass is 285 g/mol. The third kappa shape index (κ3) is 2.97. The van der Waals surface area contributed by atoms with Gasteiger partial charge in [-0.25, -0.2) is 4.98 Å². The Kier molecular flexibility index (Phi) is 4.04. The van der Waals surface area contributed by atoms with Gasteiger partial charge in [-0.05, 0) is 37.5 Å². The number of aromatic nitrogens is 2. The van der Waals surface area contributed by atoms with Crippen LogP contribution in [0.5, 0.6) is 0 Å². The van der Waals surface area contributed by atoms with E-state index < -0.39 is 0 Å². The summed E-state index contributed by atoms with van der Waals surface area (Å²) in [6.45, 7) is 1.01. The first kappa shape index (κ1) is 12.7. The lowest BCUT2D eigenvalue weighted by Gasteiger charge is -2.30. The summed E-state index contributed by atoms with van der Waals surface area (Å²) < 4.78 is 4.42. The highest BCUT2D eigenvalue weighted by atomic mass is 35.5. The predicted octanol–water partition coefficient (Wildman–Crippen LogP) is 3.87. The molecule has 1 aromatic rings. The maximum absolute atomic E-state index is 6.06. The molecule has 0 aromatic carbocycles. The molecule has 3 rings (SSSR count). The van der Waals surface area contributed by atoms with Crippen molar-refractivity contribution >= 4 is 28.3 Å². The lowest BCUT2D eigenvalue weighted by molar-refractivity contribution is 0.272. The van der Waals surface area contributed by atoms with Crippen molar-refractivity contribution in [2.75, 3.05) is 17.7 Å². The molecule has 2 fully saturated rings. The van der Waals surface area contributed by atoms with Gasteiger partial charge in [0.05, 0.1) is 0 Å². The van der Waals surface area contributed by atoms with Crippen molar-refractivity contribution in [1.82, 2.24) is 9.36 Å². The minimum absolute atomic E-state index is 0.655. The van der Waals surface area contributed by atoms with Crippen LogP contribution in [0.3, 0.4) is 0 Å². The van der Waals surface area contributed by atoms with Crippen LogP contribution in [0, 0.1) is 11.8 Å². The van der Waals surface area contributed by atoms with Gasteiger partial charge < -0.3 is 5.32 Å². The van der Waals surface area contributed by atoms with Gasteiger partial charge in [-0.1, -0.05) is 12.8 Å². The van der Waals surface area contributed by atoms with Gasteiger partial charge in [-0.15, -0.1) is 11.6 Å². The Morgan fingerprint density at radius 1 is 1.17 bits per heavy atom. The topological polar surface area (TPSA) is 37.8 Å². The highest BCUT2D eigenvalue weighted by Crippen LogP contribution is 2.39. The molecular weight excluding hydrogens is 266 g/mol. The van der Waals surface area contributed by atoms with E-state index in [2.05, 4.69) is 14.7 Å². The van der Waals surface area contributed by atoms with Crippen LogP contribution < -0.4 is 5.32 Å². The largest absolute Gasteiger partial charge is 0.360 e. The van der Waals surface area contributed by atoms with E-state index >= 15 is 0 Å². The summed E-state index contributed by atoms with van der Waals surface area (Å²) in [7, 11) is 0. The Labute approximate surface area is 118 Å². The summed E-state index contributed by atoms with van der Waals surface area (Å²) in [5, 5.41) is 4.46. The van der Waals surface area contributed by atoms with Crippen LogP contribution in [0.15, 0.2) is 0 Å². The number of nitrogens with one attached hydrogen (secondary N) is 1. The molecule has 100 valence electrons. The summed E-state index contributed by atoms with van der Waals surface area (Å²) in [6, 6.07) is 0. The summed E-state index contributed by atoms with van der Waals surface area (Å²) in [5.74, 6) is 3.91. The Bertz CT molecular complexity index is 391. The number of alkyl halides is 1. The Hall–Kier alpha value is -0.350. The molecule has 0 amide bonds. The molecule has 1 heterocycles. The van der Waals surface area contributed by atoms with Gasteiger partial charge in [-0.2, -0.15) is 4.37 Å². The highest BCUT2D eigenvalue weighted by molar-refractivity contribution is 7.09. The highest BCUT2D eigenvalue weighted by Gasteiger charge is 2.28. The van der Waals surface area contributed by atoms with E-state index in [-0.39, 0.29) is 0 Å². The minimum atomic E-state index is 0.655. The molecule has 0 aliphatic heterocycles. The van der Waals surface area contributed by atoms with E-state index in [1.165, 1.54) is 50.1 Å². The second-order valence-corrected chi connectivity index (χ2v) is 6.63. The molecule has 0 saturated heterocycles. The fourth-order valence-electron chi connectivity index (χ4n) is 2.79. The van der Waals surface area contributed by atoms with Crippen LogP contribution in [0.1, 0.15) is 50.3 Å². The zero-order chi connectivity index (χ0) is 12.4. The van der Waals surface area contributed by atoms with Gasteiger partial charge in [0, 0.05) is 29.9 Å². The van der Waals surface area contributed by atoms with Crippen molar-refractivity contribution in [2.24, 2.45) is 11.8 Å². The number of rotatable bonds is 5. The van der Waals surface area contributed by atoms with Crippen molar-refractivity contribution < 1.29 is 0 Å². The molecule has 2 atom stereocenters. The van der Waals surface area contributed by atoms with Crippen molar-refractivity contribution in [1.29, 1.82) is 0 Å². The van der Waals surface area contributed by atoms with Crippen molar-refractivity contribution in [3.05, 3.63) is 5.82 Å². The average Bonchev–Trinajstić information content (AvgIpc) is 3.16. The fourth-order valence-corrected chi connectivity index (χ4v) is 3.85. The quantitative estimate of drug-likeness (QED) is 0.835. The van der Waals surface area contributed by atoms with Crippen LogP contribution in [0.2, 0.25) is 0 Å². The molecule has 0 radical (unpaired) electrons. The normalized spacial score (nSPS) is 28.3. The second kappa shape index (κ2) is 5.74. The standard InChI is InChI=1S/C13H20ClN3S/c14-7-10-3-1-2-4-11(10)8-15-13-16-12(17-18-13)9-5-6-9/h9-11H,1-8H2,(H,15,16,17). The molecule has 2 unspecified atom stereocenters. The summed E-state index contributed by atoms with van der Waals surface area (Å²) >= 11 is 7.57. The van der Waals surface area contributed by atoms with Crippen LogP contribution in [-0.4, -0.2) is 21.8 Å². The Morgan fingerprint density at radius 3 is 2.67 bits per heavy atom. The number of hydrogen-bond acceptors (Lipinski definition) is 4. The molecule has 2 aliphatic carbocycles. The summed E-state index contributed by atoms with van der Waals surface area (Å²) in [5.41, 5.74) is 0. The lowest BCUT2D eigenvalue weighted by Crippen LogP contribution is -2.27. The molecule has 2 aliphatic rings. The first-order valence-electron chi connectivity index (χ1n) is 7.00. The second-order valence-electron chi connectivity index (χ2n) is 5.57. The third-order valence-corrected chi connectivity index (χ3v) is 5.25. The lowest BCUT2D eigenvalue weighted by atomic mass is 9.80. The summed E-state index contributed by atoms with van der Waals surface area (Å²) in [4.78, 5) is 4.57.